The predicted octanol–water partition coefficient (Wildman–Crippen LogP) is 2.61. The van der Waals surface area contributed by atoms with Crippen LogP contribution in [0.2, 0.25) is 0 Å². The van der Waals surface area contributed by atoms with Gasteiger partial charge in [0.15, 0.2) is 5.78 Å². The number of Topliss-reactive ketones (excluding diaryl/α,β-unsaturated/α-hetero) is 1. The van der Waals surface area contributed by atoms with Gasteiger partial charge in [-0.3, -0.25) is 18.8 Å². The second kappa shape index (κ2) is 8.61. The summed E-state index contributed by atoms with van der Waals surface area (Å²) in [5.41, 5.74) is 1.59. The molecular formula is C22H23FN4O3. The molecule has 1 aliphatic rings. The fourth-order valence-corrected chi connectivity index (χ4v) is 3.95. The number of piperidine rings is 1. The Morgan fingerprint density at radius 1 is 1.17 bits per heavy atom. The summed E-state index contributed by atoms with van der Waals surface area (Å²) in [6, 6.07) is 5.62. The molecule has 1 aliphatic heterocycles. The molecule has 1 fully saturated rings. The number of carbonyl (C=O) groups excluding carboxylic acids is 2. The smallest absolute Gasteiger partial charge is 0.274 e. The maximum atomic E-state index is 13.0. The van der Waals surface area contributed by atoms with Gasteiger partial charge in [-0.1, -0.05) is 0 Å². The van der Waals surface area contributed by atoms with Gasteiger partial charge in [0.2, 0.25) is 5.91 Å². The zero-order chi connectivity index (χ0) is 21.1. The number of fused-ring (bicyclic) bond motifs is 1. The van der Waals surface area contributed by atoms with Crippen LogP contribution in [0.4, 0.5) is 4.39 Å². The molecule has 1 amide bonds. The van der Waals surface area contributed by atoms with E-state index in [1.807, 2.05) is 6.20 Å². The molecule has 0 spiro atoms. The lowest BCUT2D eigenvalue weighted by molar-refractivity contribution is -0.132. The lowest BCUT2D eigenvalue weighted by Crippen LogP contribution is -2.40. The zero-order valence-electron chi connectivity index (χ0n) is 16.5. The number of benzene rings is 1. The lowest BCUT2D eigenvalue weighted by Gasteiger charge is -2.31. The van der Waals surface area contributed by atoms with Gasteiger partial charge < -0.3 is 9.88 Å². The largest absolute Gasteiger partial charge is 0.343 e. The average molecular weight is 410 g/mol. The second-order valence-electron chi connectivity index (χ2n) is 7.67. The number of rotatable bonds is 6. The van der Waals surface area contributed by atoms with E-state index in [1.54, 1.807) is 15.6 Å². The van der Waals surface area contributed by atoms with E-state index in [2.05, 4.69) is 9.97 Å². The predicted molar refractivity (Wildman–Crippen MR) is 109 cm³/mol. The fourth-order valence-electron chi connectivity index (χ4n) is 3.95. The van der Waals surface area contributed by atoms with E-state index in [1.165, 1.54) is 30.5 Å². The van der Waals surface area contributed by atoms with Gasteiger partial charge >= 0.3 is 0 Å². The Morgan fingerprint density at radius 2 is 1.90 bits per heavy atom. The molecule has 2 aromatic heterocycles. The molecule has 3 heterocycles. The van der Waals surface area contributed by atoms with Gasteiger partial charge in [-0.15, -0.1) is 0 Å². The number of carbonyl (C=O) groups is 2. The summed E-state index contributed by atoms with van der Waals surface area (Å²) in [5.74, 6) is -0.415. The van der Waals surface area contributed by atoms with Crippen molar-refractivity contribution in [1.29, 1.82) is 0 Å². The second-order valence-corrected chi connectivity index (χ2v) is 7.67. The van der Waals surface area contributed by atoms with Gasteiger partial charge in [-0.05, 0) is 49.9 Å². The first-order valence-corrected chi connectivity index (χ1v) is 10.1. The molecule has 7 nitrogen and oxygen atoms in total. The fraction of sp³-hybridized carbons (Fsp3) is 0.364. The molecule has 8 heteroatoms. The van der Waals surface area contributed by atoms with Crippen LogP contribution in [-0.2, 0) is 11.2 Å². The lowest BCUT2D eigenvalue weighted by atomic mass is 9.88. The molecule has 1 N–H and O–H groups in total. The number of likely N-dealkylation sites (tertiary alicyclic amines) is 1. The normalized spacial score (nSPS) is 14.9. The Labute approximate surface area is 172 Å². The summed E-state index contributed by atoms with van der Waals surface area (Å²) in [5, 5.41) is 0. The highest BCUT2D eigenvalue weighted by molar-refractivity contribution is 5.98. The molecule has 0 saturated carbocycles. The number of hydrogen-bond donors (Lipinski definition) is 1. The molecule has 0 aliphatic carbocycles. The molecule has 30 heavy (non-hydrogen) atoms. The third kappa shape index (κ3) is 4.32. The summed E-state index contributed by atoms with van der Waals surface area (Å²) in [7, 11) is 0. The molecule has 156 valence electrons. The van der Waals surface area contributed by atoms with Crippen LogP contribution in [0.1, 0.15) is 41.7 Å². The van der Waals surface area contributed by atoms with E-state index in [0.29, 0.717) is 56.3 Å². The maximum absolute atomic E-state index is 13.0. The number of halogens is 1. The number of nitrogens with zero attached hydrogens (tertiary/aromatic N) is 3. The van der Waals surface area contributed by atoms with Gasteiger partial charge in [-0.25, -0.2) is 9.37 Å². The minimum Gasteiger partial charge on any atom is -0.343 e. The summed E-state index contributed by atoms with van der Waals surface area (Å²) in [6.07, 6.45) is 7.76. The number of aromatic amines is 1. The highest BCUT2D eigenvalue weighted by Crippen LogP contribution is 2.22. The van der Waals surface area contributed by atoms with Crippen LogP contribution in [0.15, 0.2) is 47.8 Å². The van der Waals surface area contributed by atoms with Crippen molar-refractivity contribution in [3.63, 3.8) is 0 Å². The summed E-state index contributed by atoms with van der Waals surface area (Å²) < 4.78 is 14.7. The maximum Gasteiger partial charge on any atom is 0.274 e. The molecule has 0 bridgehead atoms. The van der Waals surface area contributed by atoms with E-state index in [-0.39, 0.29) is 29.0 Å². The van der Waals surface area contributed by atoms with E-state index in [0.717, 1.165) is 5.69 Å². The van der Waals surface area contributed by atoms with Crippen LogP contribution >= 0.6 is 0 Å². The summed E-state index contributed by atoms with van der Waals surface area (Å²) >= 11 is 0. The summed E-state index contributed by atoms with van der Waals surface area (Å²) in [4.78, 5) is 45.6. The van der Waals surface area contributed by atoms with E-state index < -0.39 is 0 Å². The minimum absolute atomic E-state index is 0.0148. The van der Waals surface area contributed by atoms with Crippen molar-refractivity contribution in [3.8, 4) is 0 Å². The first-order chi connectivity index (χ1) is 14.5. The van der Waals surface area contributed by atoms with Crippen molar-refractivity contribution >= 4 is 17.2 Å². The van der Waals surface area contributed by atoms with Crippen LogP contribution in [0.3, 0.4) is 0 Å². The number of H-pyrrole nitrogens is 1. The van der Waals surface area contributed by atoms with Crippen molar-refractivity contribution in [2.45, 2.75) is 32.1 Å². The topological polar surface area (TPSA) is 87.5 Å². The SMILES string of the molecule is O=C(c1ccc(F)cc1)C1CCN(C(=O)CCCc2cn3cncc3c(=O)[nH]2)CC1. The molecule has 1 saturated heterocycles. The highest BCUT2D eigenvalue weighted by atomic mass is 19.1. The van der Waals surface area contributed by atoms with E-state index in [9.17, 15) is 18.8 Å². The number of hydrogen-bond acceptors (Lipinski definition) is 4. The van der Waals surface area contributed by atoms with Gasteiger partial charge in [0.1, 0.15) is 11.3 Å². The van der Waals surface area contributed by atoms with Crippen LogP contribution in [-0.4, -0.2) is 44.0 Å². The van der Waals surface area contributed by atoms with Crippen LogP contribution in [0.5, 0.6) is 0 Å². The van der Waals surface area contributed by atoms with E-state index >= 15 is 0 Å². The highest BCUT2D eigenvalue weighted by Gasteiger charge is 2.27. The third-order valence-corrected chi connectivity index (χ3v) is 5.65. The van der Waals surface area contributed by atoms with Crippen molar-refractivity contribution in [2.75, 3.05) is 13.1 Å². The standard InChI is InChI=1S/C22H23FN4O3/c23-17-6-4-15(5-7-17)21(29)16-8-10-26(11-9-16)20(28)3-1-2-18-13-27-14-24-12-19(27)22(30)25-18/h4-7,12-14,16H,1-3,8-11H2,(H,25,30). The Balaban J connectivity index is 1.25. The molecule has 0 radical (unpaired) electrons. The van der Waals surface area contributed by atoms with Crippen molar-refractivity contribution in [2.24, 2.45) is 5.92 Å². The quantitative estimate of drug-likeness (QED) is 0.633. The van der Waals surface area contributed by atoms with Crippen molar-refractivity contribution in [3.05, 3.63) is 70.4 Å². The zero-order valence-corrected chi connectivity index (χ0v) is 16.5. The van der Waals surface area contributed by atoms with Gasteiger partial charge in [0.05, 0.1) is 12.5 Å². The molecule has 1 aromatic carbocycles. The molecule has 4 rings (SSSR count). The van der Waals surface area contributed by atoms with Crippen LogP contribution < -0.4 is 5.56 Å². The minimum atomic E-state index is -0.360. The van der Waals surface area contributed by atoms with E-state index in [4.69, 9.17) is 0 Å². The molecule has 3 aromatic rings. The van der Waals surface area contributed by atoms with Crippen LogP contribution in [0.25, 0.3) is 5.52 Å². The molecular weight excluding hydrogens is 387 g/mol. The molecule has 0 unspecified atom stereocenters. The van der Waals surface area contributed by atoms with Gasteiger partial charge in [-0.2, -0.15) is 0 Å². The number of amides is 1. The number of imidazole rings is 1. The van der Waals surface area contributed by atoms with Gasteiger partial charge in [0.25, 0.3) is 5.56 Å². The first-order valence-electron chi connectivity index (χ1n) is 10.1. The first kappa shape index (κ1) is 20.0. The van der Waals surface area contributed by atoms with Crippen molar-refractivity contribution in [1.82, 2.24) is 19.3 Å². The number of nitrogens with one attached hydrogen (secondary N) is 1. The van der Waals surface area contributed by atoms with Gasteiger partial charge in [0, 0.05) is 42.9 Å². The molecule has 0 atom stereocenters. The Hall–Kier alpha value is -3.29. The number of aromatic nitrogens is 3. The Bertz CT molecular complexity index is 1110. The number of ketones is 1. The van der Waals surface area contributed by atoms with Crippen LogP contribution in [0, 0.1) is 11.7 Å². The summed E-state index contributed by atoms with van der Waals surface area (Å²) in [6.45, 7) is 1.10. The monoisotopic (exact) mass is 410 g/mol. The average Bonchev–Trinajstić information content (AvgIpc) is 3.23. The van der Waals surface area contributed by atoms with Crippen molar-refractivity contribution < 1.29 is 14.0 Å². The Kier molecular flexibility index (Phi) is 5.74. The Morgan fingerprint density at radius 3 is 2.63 bits per heavy atom. The third-order valence-electron chi connectivity index (χ3n) is 5.65. The number of aryl methyl sites for hydroxylation is 1.